The standard InChI is InChI=1S/C30H26N6OS/c1-18(37)27-7-8-28(38-27)22-5-4-6-25-23(22)13-26(33-25)29-24-12-21(16-32-30(24)35-34-29)20-11-19(14-31-15-20)17-36-9-2-3-10-36/h4-8,11-16,33H,2-3,9-10,17H2,1H3,(H,32,34,35). The third-order valence-electron chi connectivity index (χ3n) is 7.29. The molecule has 38 heavy (non-hydrogen) atoms. The monoisotopic (exact) mass is 518 g/mol. The molecule has 5 aromatic heterocycles. The Bertz CT molecular complexity index is 1810. The SMILES string of the molecule is CC(=O)c1ccc(-c2cccc3[nH]c(-c4n[nH]c5ncc(-c6cncc(CN7CCCC7)c6)cc45)cc23)s1. The molecule has 6 heterocycles. The van der Waals surface area contributed by atoms with Crippen LogP contribution in [0.2, 0.25) is 0 Å². The van der Waals surface area contributed by atoms with E-state index in [9.17, 15) is 4.79 Å². The molecule has 1 fully saturated rings. The molecule has 0 saturated carbocycles. The Balaban J connectivity index is 1.27. The summed E-state index contributed by atoms with van der Waals surface area (Å²) in [6, 6.07) is 16.6. The number of nitrogens with zero attached hydrogens (tertiary/aromatic N) is 4. The summed E-state index contributed by atoms with van der Waals surface area (Å²) >= 11 is 1.52. The van der Waals surface area contributed by atoms with Crippen LogP contribution < -0.4 is 0 Å². The number of rotatable bonds is 6. The Kier molecular flexibility index (Phi) is 5.64. The van der Waals surface area contributed by atoms with Crippen LogP contribution in [0, 0.1) is 0 Å². The average molecular weight is 519 g/mol. The van der Waals surface area contributed by atoms with E-state index in [4.69, 9.17) is 0 Å². The highest BCUT2D eigenvalue weighted by Crippen LogP contribution is 2.37. The van der Waals surface area contributed by atoms with Crippen molar-refractivity contribution in [3.05, 3.63) is 77.6 Å². The maximum absolute atomic E-state index is 11.8. The summed E-state index contributed by atoms with van der Waals surface area (Å²) in [4.78, 5) is 28.9. The first-order valence-corrected chi connectivity index (χ1v) is 13.7. The minimum Gasteiger partial charge on any atom is -0.353 e. The van der Waals surface area contributed by atoms with E-state index >= 15 is 0 Å². The summed E-state index contributed by atoms with van der Waals surface area (Å²) in [6.07, 6.45) is 8.30. The lowest BCUT2D eigenvalue weighted by molar-refractivity contribution is 0.102. The van der Waals surface area contributed by atoms with E-state index < -0.39 is 0 Å². The average Bonchev–Trinajstić information content (AvgIpc) is 3.74. The predicted molar refractivity (Wildman–Crippen MR) is 152 cm³/mol. The molecule has 0 unspecified atom stereocenters. The van der Waals surface area contributed by atoms with Gasteiger partial charge in [0, 0.05) is 63.0 Å². The normalized spacial score (nSPS) is 14.1. The van der Waals surface area contributed by atoms with Crippen LogP contribution in [0.15, 0.2) is 67.1 Å². The van der Waals surface area contributed by atoms with Gasteiger partial charge in [0.05, 0.1) is 10.6 Å². The number of nitrogens with one attached hydrogen (secondary N) is 2. The Morgan fingerprint density at radius 2 is 1.87 bits per heavy atom. The zero-order chi connectivity index (χ0) is 25.6. The van der Waals surface area contributed by atoms with Crippen molar-refractivity contribution in [3.8, 4) is 33.0 Å². The second-order valence-electron chi connectivity index (χ2n) is 9.93. The van der Waals surface area contributed by atoms with Gasteiger partial charge >= 0.3 is 0 Å². The van der Waals surface area contributed by atoms with Gasteiger partial charge in [-0.15, -0.1) is 11.3 Å². The summed E-state index contributed by atoms with van der Waals surface area (Å²) in [7, 11) is 0. The van der Waals surface area contributed by atoms with Crippen molar-refractivity contribution in [3.63, 3.8) is 0 Å². The lowest BCUT2D eigenvalue weighted by atomic mass is 10.1. The number of fused-ring (bicyclic) bond motifs is 2. The van der Waals surface area contributed by atoms with Crippen molar-refractivity contribution in [1.29, 1.82) is 0 Å². The lowest BCUT2D eigenvalue weighted by Gasteiger charge is -2.14. The Morgan fingerprint density at radius 1 is 1.00 bits per heavy atom. The van der Waals surface area contributed by atoms with Crippen LogP contribution in [-0.2, 0) is 6.54 Å². The molecule has 0 amide bonds. The van der Waals surface area contributed by atoms with E-state index in [1.54, 1.807) is 6.92 Å². The number of Topliss-reactive ketones (excluding diaryl/α,β-unsaturated/α-hetero) is 1. The fraction of sp³-hybridized carbons (Fsp3) is 0.200. The van der Waals surface area contributed by atoms with Gasteiger partial charge in [0.15, 0.2) is 11.4 Å². The van der Waals surface area contributed by atoms with Crippen LogP contribution in [-0.4, -0.2) is 48.9 Å². The molecular weight excluding hydrogens is 492 g/mol. The molecule has 0 bridgehead atoms. The van der Waals surface area contributed by atoms with E-state index in [2.05, 4.69) is 60.4 Å². The van der Waals surface area contributed by atoms with E-state index in [1.165, 1.54) is 29.7 Å². The van der Waals surface area contributed by atoms with E-state index in [1.807, 2.05) is 36.8 Å². The van der Waals surface area contributed by atoms with Crippen LogP contribution in [0.3, 0.4) is 0 Å². The highest BCUT2D eigenvalue weighted by Gasteiger charge is 2.17. The van der Waals surface area contributed by atoms with Crippen molar-refractivity contribution >= 4 is 39.1 Å². The zero-order valence-electron chi connectivity index (χ0n) is 21.0. The second kappa shape index (κ2) is 9.31. The first kappa shape index (κ1) is 23.0. The van der Waals surface area contributed by atoms with E-state index in [0.717, 1.165) is 79.4 Å². The lowest BCUT2D eigenvalue weighted by Crippen LogP contribution is -2.18. The Morgan fingerprint density at radius 3 is 2.71 bits per heavy atom. The largest absolute Gasteiger partial charge is 0.353 e. The van der Waals surface area contributed by atoms with Crippen LogP contribution in [0.4, 0.5) is 0 Å². The van der Waals surface area contributed by atoms with Gasteiger partial charge < -0.3 is 4.98 Å². The maximum Gasteiger partial charge on any atom is 0.169 e. The molecule has 0 atom stereocenters. The third-order valence-corrected chi connectivity index (χ3v) is 8.51. The van der Waals surface area contributed by atoms with Crippen LogP contribution in [0.25, 0.3) is 54.9 Å². The van der Waals surface area contributed by atoms with Gasteiger partial charge in [-0.05, 0) is 74.8 Å². The van der Waals surface area contributed by atoms with Crippen molar-refractivity contribution in [1.82, 2.24) is 30.0 Å². The molecule has 7 nitrogen and oxygen atoms in total. The van der Waals surface area contributed by atoms with Crippen LogP contribution in [0.1, 0.15) is 35.0 Å². The minimum absolute atomic E-state index is 0.0891. The molecule has 2 N–H and O–H groups in total. The Hall–Kier alpha value is -4.14. The molecule has 0 aliphatic carbocycles. The smallest absolute Gasteiger partial charge is 0.169 e. The highest BCUT2D eigenvalue weighted by atomic mass is 32.1. The molecule has 0 spiro atoms. The number of benzene rings is 1. The number of likely N-dealkylation sites (tertiary alicyclic amines) is 1. The van der Waals surface area contributed by atoms with Gasteiger partial charge in [-0.3, -0.25) is 19.8 Å². The number of hydrogen-bond acceptors (Lipinski definition) is 6. The first-order valence-electron chi connectivity index (χ1n) is 12.9. The highest BCUT2D eigenvalue weighted by molar-refractivity contribution is 7.17. The number of aromatic nitrogens is 5. The van der Waals surface area contributed by atoms with Gasteiger partial charge in [-0.1, -0.05) is 12.1 Å². The number of aromatic amines is 2. The summed E-state index contributed by atoms with van der Waals surface area (Å²) in [6.45, 7) is 4.86. The van der Waals surface area contributed by atoms with Crippen LogP contribution >= 0.6 is 11.3 Å². The van der Waals surface area contributed by atoms with Crippen molar-refractivity contribution in [2.45, 2.75) is 26.3 Å². The number of carbonyl (C=O) groups is 1. The van der Waals surface area contributed by atoms with Crippen molar-refractivity contribution in [2.75, 3.05) is 13.1 Å². The quantitative estimate of drug-likeness (QED) is 0.240. The summed E-state index contributed by atoms with van der Waals surface area (Å²) in [5.74, 6) is 0.0891. The molecule has 188 valence electrons. The van der Waals surface area contributed by atoms with Crippen LogP contribution in [0.5, 0.6) is 0 Å². The number of ketones is 1. The number of carbonyl (C=O) groups excluding carboxylic acids is 1. The van der Waals surface area contributed by atoms with E-state index in [0.29, 0.717) is 0 Å². The first-order chi connectivity index (χ1) is 18.6. The molecule has 7 rings (SSSR count). The summed E-state index contributed by atoms with van der Waals surface area (Å²) < 4.78 is 0. The summed E-state index contributed by atoms with van der Waals surface area (Å²) in [5.41, 5.74) is 7.91. The number of thiophene rings is 1. The molecule has 8 heteroatoms. The number of pyridine rings is 2. The van der Waals surface area contributed by atoms with Gasteiger partial charge in [0.25, 0.3) is 0 Å². The van der Waals surface area contributed by atoms with Gasteiger partial charge in [-0.25, -0.2) is 4.98 Å². The second-order valence-corrected chi connectivity index (χ2v) is 11.0. The number of hydrogen-bond donors (Lipinski definition) is 2. The molecule has 1 saturated heterocycles. The fourth-order valence-electron chi connectivity index (χ4n) is 5.37. The maximum atomic E-state index is 11.8. The van der Waals surface area contributed by atoms with Gasteiger partial charge in [0.1, 0.15) is 5.69 Å². The molecule has 0 radical (unpaired) electrons. The van der Waals surface area contributed by atoms with E-state index in [-0.39, 0.29) is 5.78 Å². The summed E-state index contributed by atoms with van der Waals surface area (Å²) in [5, 5.41) is 9.77. The molecule has 1 aliphatic rings. The van der Waals surface area contributed by atoms with Gasteiger partial charge in [0.2, 0.25) is 0 Å². The molecule has 6 aromatic rings. The fourth-order valence-corrected chi connectivity index (χ4v) is 6.31. The van der Waals surface area contributed by atoms with Crippen molar-refractivity contribution < 1.29 is 4.79 Å². The molecular formula is C30H26N6OS. The topological polar surface area (TPSA) is 90.6 Å². The number of H-pyrrole nitrogens is 2. The zero-order valence-corrected chi connectivity index (χ0v) is 21.8. The minimum atomic E-state index is 0.0891. The predicted octanol–water partition coefficient (Wildman–Crippen LogP) is 6.70. The van der Waals surface area contributed by atoms with Gasteiger partial charge in [-0.2, -0.15) is 5.10 Å². The van der Waals surface area contributed by atoms with Crippen molar-refractivity contribution in [2.24, 2.45) is 0 Å². The molecule has 1 aliphatic heterocycles. The third kappa shape index (κ3) is 4.12. The Labute approximate surface area is 223 Å². The molecule has 1 aromatic carbocycles.